The molecule has 0 atom stereocenters. The summed E-state index contributed by atoms with van der Waals surface area (Å²) in [6.45, 7) is 0.704. The lowest BCUT2D eigenvalue weighted by Gasteiger charge is -2.18. The molecule has 2 aromatic carbocycles. The maximum absolute atomic E-state index is 6.09. The van der Waals surface area contributed by atoms with Crippen LogP contribution in [0.5, 0.6) is 17.2 Å². The molecule has 33 heavy (non-hydrogen) atoms. The average molecular weight is 526 g/mol. The second kappa shape index (κ2) is 8.76. The number of thiazole rings is 1. The van der Waals surface area contributed by atoms with Crippen LogP contribution in [-0.4, -0.2) is 30.9 Å². The molecule has 2 aromatic heterocycles. The molecule has 1 aliphatic carbocycles. The summed E-state index contributed by atoms with van der Waals surface area (Å²) < 4.78 is 20.2. The van der Waals surface area contributed by atoms with Crippen molar-refractivity contribution in [3.05, 3.63) is 63.1 Å². The van der Waals surface area contributed by atoms with E-state index in [4.69, 9.17) is 19.9 Å². The van der Waals surface area contributed by atoms with Gasteiger partial charge >= 0.3 is 0 Å². The summed E-state index contributed by atoms with van der Waals surface area (Å²) in [6.07, 6.45) is 1.81. The van der Waals surface area contributed by atoms with Gasteiger partial charge in [-0.3, -0.25) is 0 Å². The van der Waals surface area contributed by atoms with E-state index < -0.39 is 0 Å². The smallest absolute Gasteiger partial charge is 0.203 e. The number of benzene rings is 2. The van der Waals surface area contributed by atoms with Gasteiger partial charge in [-0.05, 0) is 52.0 Å². The van der Waals surface area contributed by atoms with Gasteiger partial charge in [0.25, 0.3) is 0 Å². The highest BCUT2D eigenvalue weighted by atomic mass is 79.9. The molecular formula is C25H24BrN3O3S. The van der Waals surface area contributed by atoms with Crippen molar-refractivity contribution in [3.8, 4) is 39.8 Å². The van der Waals surface area contributed by atoms with Crippen molar-refractivity contribution in [1.82, 2.24) is 9.55 Å². The molecule has 0 amide bonds. The summed E-state index contributed by atoms with van der Waals surface area (Å²) in [4.78, 5) is 5.92. The topological polar surface area (TPSA) is 71.5 Å². The molecular weight excluding hydrogens is 502 g/mol. The van der Waals surface area contributed by atoms with Crippen molar-refractivity contribution in [2.24, 2.45) is 0 Å². The van der Waals surface area contributed by atoms with E-state index in [9.17, 15) is 0 Å². The molecule has 0 saturated carbocycles. The summed E-state index contributed by atoms with van der Waals surface area (Å²) in [5.41, 5.74) is 12.7. The number of ether oxygens (including phenoxy) is 3. The fourth-order valence-corrected chi connectivity index (χ4v) is 6.13. The van der Waals surface area contributed by atoms with Gasteiger partial charge in [-0.25, -0.2) is 4.98 Å². The first-order valence-corrected chi connectivity index (χ1v) is 12.2. The van der Waals surface area contributed by atoms with Crippen molar-refractivity contribution >= 4 is 32.4 Å². The van der Waals surface area contributed by atoms with Crippen LogP contribution in [0.4, 0.5) is 5.13 Å². The van der Waals surface area contributed by atoms with Crippen LogP contribution in [0.1, 0.15) is 16.0 Å². The molecule has 0 spiro atoms. The van der Waals surface area contributed by atoms with Crippen LogP contribution in [0, 0.1) is 0 Å². The van der Waals surface area contributed by atoms with E-state index in [-0.39, 0.29) is 0 Å². The number of halogens is 1. The number of nitrogens with two attached hydrogens (primary N) is 1. The Hall–Kier alpha value is -2.97. The molecule has 6 nitrogen and oxygen atoms in total. The molecule has 0 radical (unpaired) electrons. The van der Waals surface area contributed by atoms with Gasteiger partial charge in [-0.2, -0.15) is 0 Å². The van der Waals surface area contributed by atoms with Crippen molar-refractivity contribution < 1.29 is 14.2 Å². The van der Waals surface area contributed by atoms with Gasteiger partial charge in [0.2, 0.25) is 5.75 Å². The minimum atomic E-state index is 0.576. The van der Waals surface area contributed by atoms with Crippen LogP contribution in [-0.2, 0) is 19.4 Å². The number of methoxy groups -OCH3 is 3. The highest BCUT2D eigenvalue weighted by Crippen LogP contribution is 2.49. The standard InChI is InChI=1S/C25H24BrN3O3S/c1-30-17-11-15(12-18(31-2)23(17)32-3)22-16-9-10-19-21(28-25(27)33-19)20(16)24(26)29(22)13-14-7-5-4-6-8-14/h4-8,11-12H,9-10,13H2,1-3H3,(H2,27,28). The quantitative estimate of drug-likeness (QED) is 0.344. The van der Waals surface area contributed by atoms with Crippen molar-refractivity contribution in [2.75, 3.05) is 27.1 Å². The minimum Gasteiger partial charge on any atom is -0.493 e. The molecule has 0 fully saturated rings. The normalized spacial score (nSPS) is 12.2. The van der Waals surface area contributed by atoms with Gasteiger partial charge in [0.15, 0.2) is 16.6 Å². The van der Waals surface area contributed by atoms with Crippen LogP contribution >= 0.6 is 27.3 Å². The molecule has 0 aliphatic heterocycles. The predicted octanol–water partition coefficient (Wildman–Crippen LogP) is 5.80. The lowest BCUT2D eigenvalue weighted by Crippen LogP contribution is -2.05. The first-order chi connectivity index (χ1) is 16.0. The maximum atomic E-state index is 6.09. The van der Waals surface area contributed by atoms with Crippen molar-refractivity contribution in [1.29, 1.82) is 0 Å². The zero-order valence-electron chi connectivity index (χ0n) is 18.6. The number of anilines is 1. The van der Waals surface area contributed by atoms with E-state index in [1.165, 1.54) is 16.0 Å². The van der Waals surface area contributed by atoms with Gasteiger partial charge in [0, 0.05) is 22.5 Å². The van der Waals surface area contributed by atoms with Gasteiger partial charge in [-0.15, -0.1) is 11.3 Å². The number of hydrogen-bond acceptors (Lipinski definition) is 6. The second-order valence-corrected chi connectivity index (χ2v) is 9.67. The summed E-state index contributed by atoms with van der Waals surface area (Å²) in [7, 11) is 4.89. The zero-order chi connectivity index (χ0) is 23.1. The minimum absolute atomic E-state index is 0.576. The number of fused-ring (bicyclic) bond motifs is 3. The number of nitrogen functional groups attached to an aromatic ring is 1. The Kier molecular flexibility index (Phi) is 5.80. The Balaban J connectivity index is 1.79. The molecule has 2 heterocycles. The van der Waals surface area contributed by atoms with E-state index in [0.29, 0.717) is 28.9 Å². The summed E-state index contributed by atoms with van der Waals surface area (Å²) in [5, 5.41) is 0.602. The molecule has 0 saturated heterocycles. The van der Waals surface area contributed by atoms with Gasteiger partial charge in [-0.1, -0.05) is 30.3 Å². The number of aromatic nitrogens is 2. The zero-order valence-corrected chi connectivity index (χ0v) is 21.0. The van der Waals surface area contributed by atoms with E-state index in [0.717, 1.165) is 40.0 Å². The lowest BCUT2D eigenvalue weighted by atomic mass is 9.93. The van der Waals surface area contributed by atoms with Crippen molar-refractivity contribution in [3.63, 3.8) is 0 Å². The third-order valence-electron chi connectivity index (χ3n) is 5.98. The molecule has 1 aliphatic rings. The average Bonchev–Trinajstić information content (AvgIpc) is 3.35. The fraction of sp³-hybridized carbons (Fsp3) is 0.240. The summed E-state index contributed by atoms with van der Waals surface area (Å²) in [5.74, 6) is 1.82. The summed E-state index contributed by atoms with van der Waals surface area (Å²) in [6, 6.07) is 14.4. The van der Waals surface area contributed by atoms with Gasteiger partial charge in [0.1, 0.15) is 0 Å². The number of rotatable bonds is 6. The highest BCUT2D eigenvalue weighted by Gasteiger charge is 2.31. The Morgan fingerprint density at radius 2 is 1.73 bits per heavy atom. The molecule has 0 bridgehead atoms. The lowest BCUT2D eigenvalue weighted by molar-refractivity contribution is 0.324. The Morgan fingerprint density at radius 3 is 2.36 bits per heavy atom. The SMILES string of the molecule is COc1cc(-c2c3c(c(Br)n2Cc2ccccc2)-c2nc(N)sc2CC3)cc(OC)c1OC. The number of hydrogen-bond donors (Lipinski definition) is 1. The van der Waals surface area contributed by atoms with Crippen LogP contribution in [0.15, 0.2) is 47.1 Å². The van der Waals surface area contributed by atoms with Gasteiger partial charge in [0.05, 0.1) is 37.3 Å². The first-order valence-electron chi connectivity index (χ1n) is 10.6. The highest BCUT2D eigenvalue weighted by molar-refractivity contribution is 9.10. The summed E-state index contributed by atoms with van der Waals surface area (Å²) >= 11 is 5.50. The monoisotopic (exact) mass is 525 g/mol. The van der Waals surface area contributed by atoms with Crippen molar-refractivity contribution in [2.45, 2.75) is 19.4 Å². The predicted molar refractivity (Wildman–Crippen MR) is 136 cm³/mol. The van der Waals surface area contributed by atoms with Crippen LogP contribution in [0.2, 0.25) is 0 Å². The third kappa shape index (κ3) is 3.67. The molecule has 0 unspecified atom stereocenters. The Bertz CT molecular complexity index is 1310. The maximum Gasteiger partial charge on any atom is 0.203 e. The number of aryl methyl sites for hydroxylation is 1. The van der Waals surface area contributed by atoms with Crippen LogP contribution in [0.3, 0.4) is 0 Å². The number of nitrogens with zero attached hydrogens (tertiary/aromatic N) is 2. The fourth-order valence-electron chi connectivity index (χ4n) is 4.56. The first kappa shape index (κ1) is 21.9. The molecule has 8 heteroatoms. The van der Waals surface area contributed by atoms with E-state index in [2.05, 4.69) is 49.7 Å². The van der Waals surface area contributed by atoms with E-state index >= 15 is 0 Å². The van der Waals surface area contributed by atoms with Crippen LogP contribution in [0.25, 0.3) is 22.5 Å². The Morgan fingerprint density at radius 1 is 1.03 bits per heavy atom. The molecule has 4 aromatic rings. The second-order valence-electron chi connectivity index (χ2n) is 7.80. The Labute approximate surface area is 205 Å². The largest absolute Gasteiger partial charge is 0.493 e. The molecule has 2 N–H and O–H groups in total. The van der Waals surface area contributed by atoms with E-state index in [1.807, 2.05) is 18.2 Å². The van der Waals surface area contributed by atoms with E-state index in [1.54, 1.807) is 32.7 Å². The molecule has 5 rings (SSSR count). The van der Waals surface area contributed by atoms with Crippen LogP contribution < -0.4 is 19.9 Å². The van der Waals surface area contributed by atoms with Gasteiger partial charge < -0.3 is 24.5 Å². The third-order valence-corrected chi connectivity index (χ3v) is 7.74. The molecule has 170 valence electrons.